The van der Waals surface area contributed by atoms with Gasteiger partial charge in [0.15, 0.2) is 18.1 Å². The van der Waals surface area contributed by atoms with Gasteiger partial charge in [0.05, 0.1) is 12.8 Å². The van der Waals surface area contributed by atoms with Gasteiger partial charge in [-0.3, -0.25) is 14.4 Å². The first kappa shape index (κ1) is 27.9. The Balaban J connectivity index is 1.57. The van der Waals surface area contributed by atoms with Crippen LogP contribution in [-0.4, -0.2) is 37.1 Å². The summed E-state index contributed by atoms with van der Waals surface area (Å²) in [5, 5.41) is 9.29. The second-order valence-electron chi connectivity index (χ2n) is 8.52. The van der Waals surface area contributed by atoms with Crippen LogP contribution in [0, 0.1) is 13.8 Å². The smallest absolute Gasteiger partial charge is 0.329 e. The van der Waals surface area contributed by atoms with Gasteiger partial charge in [0.1, 0.15) is 0 Å². The Morgan fingerprint density at radius 1 is 0.842 bits per heavy atom. The summed E-state index contributed by atoms with van der Waals surface area (Å²) in [4.78, 5) is 36.8. The molecule has 0 atom stereocenters. The van der Waals surface area contributed by atoms with Crippen LogP contribution in [0.1, 0.15) is 36.1 Å². The number of benzene rings is 3. The molecular formula is C29H32N4O5. The molecule has 3 aromatic rings. The number of hydrogen-bond acceptors (Lipinski definition) is 6. The summed E-state index contributed by atoms with van der Waals surface area (Å²) in [7, 11) is 0. The van der Waals surface area contributed by atoms with Gasteiger partial charge in [-0.15, -0.1) is 0 Å². The molecule has 9 nitrogen and oxygen atoms in total. The van der Waals surface area contributed by atoms with Crippen molar-refractivity contribution in [2.45, 2.75) is 34.1 Å². The lowest BCUT2D eigenvalue weighted by molar-refractivity contribution is -0.136. The molecule has 0 aliphatic carbocycles. The van der Waals surface area contributed by atoms with Crippen molar-refractivity contribution < 1.29 is 23.9 Å². The van der Waals surface area contributed by atoms with Crippen molar-refractivity contribution in [1.29, 1.82) is 0 Å². The minimum absolute atomic E-state index is 0.202. The number of amides is 3. The number of hydrazone groups is 1. The fourth-order valence-electron chi connectivity index (χ4n) is 3.73. The first-order valence-corrected chi connectivity index (χ1v) is 12.3. The lowest BCUT2D eigenvalue weighted by Crippen LogP contribution is -2.32. The molecule has 0 heterocycles. The number of nitrogens with zero attached hydrogens (tertiary/aromatic N) is 1. The van der Waals surface area contributed by atoms with E-state index >= 15 is 0 Å². The van der Waals surface area contributed by atoms with Crippen LogP contribution in [0.15, 0.2) is 65.8 Å². The lowest BCUT2D eigenvalue weighted by Gasteiger charge is -2.13. The monoisotopic (exact) mass is 516 g/mol. The fraction of sp³-hybridized carbons (Fsp3) is 0.241. The predicted molar refractivity (Wildman–Crippen MR) is 148 cm³/mol. The molecular weight excluding hydrogens is 484 g/mol. The Kier molecular flexibility index (Phi) is 9.99. The summed E-state index contributed by atoms with van der Waals surface area (Å²) >= 11 is 0. The maximum atomic E-state index is 12.4. The Hall–Kier alpha value is -4.66. The molecule has 198 valence electrons. The normalized spacial score (nSPS) is 10.6. The molecule has 9 heteroatoms. The lowest BCUT2D eigenvalue weighted by atomic mass is 10.1. The van der Waals surface area contributed by atoms with E-state index in [0.29, 0.717) is 35.0 Å². The van der Waals surface area contributed by atoms with Gasteiger partial charge >= 0.3 is 11.8 Å². The van der Waals surface area contributed by atoms with Crippen LogP contribution in [0.2, 0.25) is 0 Å². The number of aryl methyl sites for hydroxylation is 3. The van der Waals surface area contributed by atoms with E-state index in [1.54, 1.807) is 30.3 Å². The van der Waals surface area contributed by atoms with Gasteiger partial charge in [-0.25, -0.2) is 5.43 Å². The number of carbonyl (C=O) groups excluding carboxylic acids is 3. The van der Waals surface area contributed by atoms with Gasteiger partial charge in [-0.05, 0) is 85.8 Å². The number of rotatable bonds is 10. The van der Waals surface area contributed by atoms with Gasteiger partial charge in [0.25, 0.3) is 5.91 Å². The van der Waals surface area contributed by atoms with Crippen molar-refractivity contribution >= 4 is 35.3 Å². The highest BCUT2D eigenvalue weighted by Gasteiger charge is 2.14. The molecule has 3 amide bonds. The van der Waals surface area contributed by atoms with Crippen LogP contribution in [0.4, 0.5) is 11.4 Å². The molecule has 0 unspecified atom stereocenters. The zero-order valence-corrected chi connectivity index (χ0v) is 22.0. The van der Waals surface area contributed by atoms with Crippen molar-refractivity contribution in [1.82, 2.24) is 5.43 Å². The third-order valence-electron chi connectivity index (χ3n) is 5.36. The molecule has 0 spiro atoms. The van der Waals surface area contributed by atoms with E-state index in [9.17, 15) is 14.4 Å². The van der Waals surface area contributed by atoms with Crippen LogP contribution in [0.5, 0.6) is 11.5 Å². The Morgan fingerprint density at radius 3 is 2.29 bits per heavy atom. The summed E-state index contributed by atoms with van der Waals surface area (Å²) in [6.45, 7) is 7.89. The number of anilines is 2. The van der Waals surface area contributed by atoms with Crippen LogP contribution in [-0.2, 0) is 20.8 Å². The minimum Gasteiger partial charge on any atom is -0.490 e. The molecule has 3 aromatic carbocycles. The van der Waals surface area contributed by atoms with Gasteiger partial charge in [0, 0.05) is 11.4 Å². The van der Waals surface area contributed by atoms with E-state index in [2.05, 4.69) is 21.2 Å². The summed E-state index contributed by atoms with van der Waals surface area (Å²) in [6.07, 6.45) is 2.10. The maximum Gasteiger partial charge on any atom is 0.329 e. The largest absolute Gasteiger partial charge is 0.490 e. The number of ether oxygens (including phenoxy) is 2. The van der Waals surface area contributed by atoms with Crippen LogP contribution < -0.4 is 25.5 Å². The highest BCUT2D eigenvalue weighted by molar-refractivity contribution is 6.39. The van der Waals surface area contributed by atoms with E-state index in [4.69, 9.17) is 9.47 Å². The first-order chi connectivity index (χ1) is 18.3. The SMILES string of the molecule is CCOc1cc(/C=N\NC(=O)C(=O)Nc2ccccc2CC)ccc1OCC(=O)Nc1cc(C)cc(C)c1. The van der Waals surface area contributed by atoms with E-state index in [0.717, 1.165) is 23.1 Å². The second-order valence-corrected chi connectivity index (χ2v) is 8.52. The minimum atomic E-state index is -0.896. The average molecular weight is 517 g/mol. The first-order valence-electron chi connectivity index (χ1n) is 12.3. The van der Waals surface area contributed by atoms with Gasteiger partial charge in [-0.2, -0.15) is 5.10 Å². The number of hydrogen-bond donors (Lipinski definition) is 3. The molecule has 38 heavy (non-hydrogen) atoms. The second kappa shape index (κ2) is 13.6. The van der Waals surface area contributed by atoms with Gasteiger partial charge in [0.2, 0.25) is 0 Å². The van der Waals surface area contributed by atoms with Crippen molar-refractivity contribution in [3.8, 4) is 11.5 Å². The summed E-state index contributed by atoms with van der Waals surface area (Å²) in [5.74, 6) is -1.22. The highest BCUT2D eigenvalue weighted by Crippen LogP contribution is 2.28. The Morgan fingerprint density at radius 2 is 1.58 bits per heavy atom. The number of para-hydroxylation sites is 1. The molecule has 0 radical (unpaired) electrons. The molecule has 0 aromatic heterocycles. The van der Waals surface area contributed by atoms with Gasteiger partial charge < -0.3 is 20.1 Å². The molecule has 0 saturated heterocycles. The Bertz CT molecular complexity index is 1320. The molecule has 0 saturated carbocycles. The molecule has 3 N–H and O–H groups in total. The third-order valence-corrected chi connectivity index (χ3v) is 5.36. The van der Waals surface area contributed by atoms with Crippen molar-refractivity contribution in [2.24, 2.45) is 5.10 Å². The average Bonchev–Trinajstić information content (AvgIpc) is 2.88. The molecule has 0 fully saturated rings. The standard InChI is InChI=1S/C29H32N4O5/c1-5-22-9-7-8-10-24(22)32-28(35)29(36)33-30-17-21-11-12-25(26(16-21)37-6-2)38-18-27(34)31-23-14-19(3)13-20(4)15-23/h7-17H,5-6,18H2,1-4H3,(H,31,34)(H,32,35)(H,33,36)/b30-17-. The van der Waals surface area contributed by atoms with Crippen molar-refractivity contribution in [3.63, 3.8) is 0 Å². The molecule has 0 bridgehead atoms. The molecule has 3 rings (SSSR count). The van der Waals surface area contributed by atoms with Crippen molar-refractivity contribution in [3.05, 3.63) is 82.9 Å². The quantitative estimate of drug-likeness (QED) is 0.210. The topological polar surface area (TPSA) is 118 Å². The zero-order chi connectivity index (χ0) is 27.5. The Labute approximate surface area is 222 Å². The molecule has 0 aliphatic heterocycles. The zero-order valence-electron chi connectivity index (χ0n) is 22.0. The van der Waals surface area contributed by atoms with Crippen LogP contribution in [0.3, 0.4) is 0 Å². The van der Waals surface area contributed by atoms with E-state index in [1.165, 1.54) is 6.21 Å². The summed E-state index contributed by atoms with van der Waals surface area (Å²) < 4.78 is 11.3. The summed E-state index contributed by atoms with van der Waals surface area (Å²) in [6, 6.07) is 18.1. The number of carbonyl (C=O) groups is 3. The number of nitrogens with one attached hydrogen (secondary N) is 3. The fourth-order valence-corrected chi connectivity index (χ4v) is 3.73. The van der Waals surface area contributed by atoms with E-state index in [1.807, 2.05) is 58.0 Å². The molecule has 0 aliphatic rings. The van der Waals surface area contributed by atoms with E-state index < -0.39 is 11.8 Å². The summed E-state index contributed by atoms with van der Waals surface area (Å²) in [5.41, 5.74) is 7.13. The third kappa shape index (κ3) is 8.19. The van der Waals surface area contributed by atoms with Crippen molar-refractivity contribution in [2.75, 3.05) is 23.8 Å². The van der Waals surface area contributed by atoms with Crippen LogP contribution >= 0.6 is 0 Å². The predicted octanol–water partition coefficient (Wildman–Crippen LogP) is 4.37. The van der Waals surface area contributed by atoms with Gasteiger partial charge in [-0.1, -0.05) is 31.2 Å². The highest BCUT2D eigenvalue weighted by atomic mass is 16.5. The maximum absolute atomic E-state index is 12.4. The van der Waals surface area contributed by atoms with E-state index in [-0.39, 0.29) is 12.5 Å². The van der Waals surface area contributed by atoms with Crippen LogP contribution in [0.25, 0.3) is 0 Å².